The second-order valence-corrected chi connectivity index (χ2v) is 7.47. The summed E-state index contributed by atoms with van der Waals surface area (Å²) in [6.07, 6.45) is 2.52. The molecule has 1 atom stereocenters. The molecule has 1 unspecified atom stereocenters. The molecule has 0 bridgehead atoms. The van der Waals surface area contributed by atoms with Crippen LogP contribution >= 0.6 is 22.6 Å². The van der Waals surface area contributed by atoms with Crippen molar-refractivity contribution in [2.45, 2.75) is 12.3 Å². The molecule has 1 aliphatic rings. The number of carbonyl (C=O) groups excluding carboxylic acids is 1. The van der Waals surface area contributed by atoms with E-state index in [0.717, 1.165) is 28.6 Å². The third-order valence-corrected chi connectivity index (χ3v) is 5.37. The van der Waals surface area contributed by atoms with Crippen molar-refractivity contribution in [1.29, 1.82) is 0 Å². The first kappa shape index (κ1) is 16.3. The van der Waals surface area contributed by atoms with Crippen LogP contribution in [-0.2, 0) is 0 Å². The maximum atomic E-state index is 13.0. The Morgan fingerprint density at radius 1 is 1.12 bits per heavy atom. The number of hydrogen-bond acceptors (Lipinski definition) is 3. The Morgan fingerprint density at radius 3 is 2.64 bits per heavy atom. The Hall–Kier alpha value is -2.15. The molecular formula is C20H17IN2O2. The molecule has 3 aromatic rings. The van der Waals surface area contributed by atoms with E-state index in [1.807, 2.05) is 35.2 Å². The fourth-order valence-corrected chi connectivity index (χ4v) is 3.67. The number of amides is 1. The summed E-state index contributed by atoms with van der Waals surface area (Å²) in [5, 5.41) is 3.87. The summed E-state index contributed by atoms with van der Waals surface area (Å²) < 4.78 is 6.52. The molecule has 4 nitrogen and oxygen atoms in total. The van der Waals surface area contributed by atoms with Crippen LogP contribution in [0.4, 0.5) is 0 Å². The minimum absolute atomic E-state index is 0.00627. The number of halogens is 1. The van der Waals surface area contributed by atoms with Crippen molar-refractivity contribution >= 4 is 28.5 Å². The molecule has 0 aliphatic carbocycles. The van der Waals surface area contributed by atoms with Gasteiger partial charge in [-0.1, -0.05) is 47.6 Å². The first-order valence-corrected chi connectivity index (χ1v) is 9.35. The van der Waals surface area contributed by atoms with Gasteiger partial charge in [-0.25, -0.2) is 0 Å². The number of nitrogens with zero attached hydrogens (tertiary/aromatic N) is 2. The predicted octanol–water partition coefficient (Wildman–Crippen LogP) is 4.58. The monoisotopic (exact) mass is 444 g/mol. The van der Waals surface area contributed by atoms with E-state index in [4.69, 9.17) is 4.52 Å². The van der Waals surface area contributed by atoms with Crippen LogP contribution < -0.4 is 0 Å². The van der Waals surface area contributed by atoms with E-state index < -0.39 is 0 Å². The Balaban J connectivity index is 1.55. The van der Waals surface area contributed by atoms with Crippen molar-refractivity contribution in [3.63, 3.8) is 0 Å². The molecule has 5 heteroatoms. The summed E-state index contributed by atoms with van der Waals surface area (Å²) in [6, 6.07) is 18.3. The smallest absolute Gasteiger partial charge is 0.259 e. The zero-order valence-electron chi connectivity index (χ0n) is 13.6. The third-order valence-electron chi connectivity index (χ3n) is 4.65. The SMILES string of the molecule is O=C(c1cnoc1-c1ccc(I)cc1)N1CCC(c2ccccc2)C1. The average Bonchev–Trinajstić information content (AvgIpc) is 3.32. The fourth-order valence-electron chi connectivity index (χ4n) is 3.31. The lowest BCUT2D eigenvalue weighted by molar-refractivity contribution is 0.0791. The maximum Gasteiger partial charge on any atom is 0.259 e. The normalized spacial score (nSPS) is 17.0. The van der Waals surface area contributed by atoms with Crippen molar-refractivity contribution in [3.8, 4) is 11.3 Å². The van der Waals surface area contributed by atoms with Crippen LogP contribution in [0.15, 0.2) is 65.3 Å². The molecule has 1 amide bonds. The quantitative estimate of drug-likeness (QED) is 0.556. The number of rotatable bonds is 3. The largest absolute Gasteiger partial charge is 0.355 e. The highest BCUT2D eigenvalue weighted by molar-refractivity contribution is 14.1. The maximum absolute atomic E-state index is 13.0. The van der Waals surface area contributed by atoms with Gasteiger partial charge in [-0.05, 0) is 46.7 Å². The van der Waals surface area contributed by atoms with Gasteiger partial charge in [-0.3, -0.25) is 4.79 Å². The van der Waals surface area contributed by atoms with E-state index in [2.05, 4.69) is 52.0 Å². The van der Waals surface area contributed by atoms with Crippen LogP contribution in [0.25, 0.3) is 11.3 Å². The lowest BCUT2D eigenvalue weighted by Gasteiger charge is -2.16. The molecule has 1 aromatic heterocycles. The van der Waals surface area contributed by atoms with Crippen molar-refractivity contribution in [3.05, 3.63) is 75.5 Å². The van der Waals surface area contributed by atoms with Gasteiger partial charge in [0.05, 0.1) is 6.20 Å². The molecule has 2 aromatic carbocycles. The van der Waals surface area contributed by atoms with E-state index in [-0.39, 0.29) is 5.91 Å². The van der Waals surface area contributed by atoms with Crippen molar-refractivity contribution < 1.29 is 9.32 Å². The van der Waals surface area contributed by atoms with Crippen LogP contribution in [0.5, 0.6) is 0 Å². The molecular weight excluding hydrogens is 427 g/mol. The average molecular weight is 444 g/mol. The molecule has 126 valence electrons. The predicted molar refractivity (Wildman–Crippen MR) is 104 cm³/mol. The first-order chi connectivity index (χ1) is 12.2. The Labute approximate surface area is 160 Å². The van der Waals surface area contributed by atoms with Crippen LogP contribution in [0, 0.1) is 3.57 Å². The lowest BCUT2D eigenvalue weighted by atomic mass is 9.99. The van der Waals surface area contributed by atoms with Crippen LogP contribution in [0.3, 0.4) is 0 Å². The van der Waals surface area contributed by atoms with Gasteiger partial charge in [0.2, 0.25) is 0 Å². The Morgan fingerprint density at radius 2 is 1.88 bits per heavy atom. The number of likely N-dealkylation sites (tertiary alicyclic amines) is 1. The summed E-state index contributed by atoms with van der Waals surface area (Å²) >= 11 is 2.25. The van der Waals surface area contributed by atoms with E-state index in [0.29, 0.717) is 17.2 Å². The van der Waals surface area contributed by atoms with Gasteiger partial charge in [-0.2, -0.15) is 0 Å². The van der Waals surface area contributed by atoms with Gasteiger partial charge >= 0.3 is 0 Å². The minimum atomic E-state index is -0.00627. The zero-order chi connectivity index (χ0) is 17.2. The fraction of sp³-hybridized carbons (Fsp3) is 0.200. The van der Waals surface area contributed by atoms with Crippen molar-refractivity contribution in [1.82, 2.24) is 10.1 Å². The molecule has 1 fully saturated rings. The highest BCUT2D eigenvalue weighted by atomic mass is 127. The molecule has 0 saturated carbocycles. The Kier molecular flexibility index (Phi) is 4.57. The molecule has 0 spiro atoms. The number of hydrogen-bond donors (Lipinski definition) is 0. The highest BCUT2D eigenvalue weighted by Crippen LogP contribution is 2.30. The van der Waals surface area contributed by atoms with Gasteiger partial charge < -0.3 is 9.42 Å². The first-order valence-electron chi connectivity index (χ1n) is 8.27. The molecule has 0 N–H and O–H groups in total. The van der Waals surface area contributed by atoms with E-state index in [9.17, 15) is 4.79 Å². The van der Waals surface area contributed by atoms with Crippen molar-refractivity contribution in [2.75, 3.05) is 13.1 Å². The summed E-state index contributed by atoms with van der Waals surface area (Å²) in [6.45, 7) is 1.50. The standard InChI is InChI=1S/C20H17IN2O2/c21-17-8-6-15(7-9-17)19-18(12-22-25-19)20(24)23-11-10-16(13-23)14-4-2-1-3-5-14/h1-9,12,16H,10-11,13H2. The Bertz CT molecular complexity index is 874. The summed E-state index contributed by atoms with van der Waals surface area (Å²) in [7, 11) is 0. The van der Waals surface area contributed by atoms with Gasteiger partial charge in [0.15, 0.2) is 5.76 Å². The molecule has 25 heavy (non-hydrogen) atoms. The van der Waals surface area contributed by atoms with Crippen LogP contribution in [-0.4, -0.2) is 29.1 Å². The topological polar surface area (TPSA) is 46.3 Å². The summed E-state index contributed by atoms with van der Waals surface area (Å²) in [4.78, 5) is 14.9. The summed E-state index contributed by atoms with van der Waals surface area (Å²) in [5.74, 6) is 0.935. The number of aromatic nitrogens is 1. The van der Waals surface area contributed by atoms with Gasteiger partial charge in [0.25, 0.3) is 5.91 Å². The molecule has 1 aliphatic heterocycles. The van der Waals surface area contributed by atoms with Gasteiger partial charge in [-0.15, -0.1) is 0 Å². The molecule has 2 heterocycles. The minimum Gasteiger partial charge on any atom is -0.355 e. The van der Waals surface area contributed by atoms with E-state index in [1.165, 1.54) is 11.8 Å². The van der Waals surface area contributed by atoms with Crippen molar-refractivity contribution in [2.24, 2.45) is 0 Å². The van der Waals surface area contributed by atoms with Crippen LogP contribution in [0.2, 0.25) is 0 Å². The van der Waals surface area contributed by atoms with Gasteiger partial charge in [0.1, 0.15) is 5.56 Å². The lowest BCUT2D eigenvalue weighted by Crippen LogP contribution is -2.28. The number of carbonyl (C=O) groups is 1. The zero-order valence-corrected chi connectivity index (χ0v) is 15.7. The highest BCUT2D eigenvalue weighted by Gasteiger charge is 2.30. The van der Waals surface area contributed by atoms with Gasteiger partial charge in [0, 0.05) is 28.1 Å². The second-order valence-electron chi connectivity index (χ2n) is 6.22. The van der Waals surface area contributed by atoms with E-state index in [1.54, 1.807) is 0 Å². The molecule has 4 rings (SSSR count). The molecule has 0 radical (unpaired) electrons. The van der Waals surface area contributed by atoms with Crippen LogP contribution in [0.1, 0.15) is 28.3 Å². The third kappa shape index (κ3) is 3.33. The molecule has 1 saturated heterocycles. The summed E-state index contributed by atoms with van der Waals surface area (Å²) in [5.41, 5.74) is 2.70. The van der Waals surface area contributed by atoms with E-state index >= 15 is 0 Å². The number of benzene rings is 2. The second kappa shape index (κ2) is 7.00.